The summed E-state index contributed by atoms with van der Waals surface area (Å²) in [6, 6.07) is 0. The first-order valence-corrected chi connectivity index (χ1v) is 8.18. The van der Waals surface area contributed by atoms with Crippen LogP contribution in [0.4, 0.5) is 11.6 Å². The van der Waals surface area contributed by atoms with Crippen LogP contribution in [0.3, 0.4) is 0 Å². The molecule has 4 N–H and O–H groups in total. The van der Waals surface area contributed by atoms with Crippen LogP contribution in [-0.4, -0.2) is 28.5 Å². The van der Waals surface area contributed by atoms with Gasteiger partial charge in [-0.1, -0.05) is 12.8 Å². The Hall–Kier alpha value is -0.530. The van der Waals surface area contributed by atoms with Crippen LogP contribution in [0.15, 0.2) is 10.8 Å². The molecule has 0 fully saturated rings. The number of nitrogen functional groups attached to an aromatic ring is 1. The van der Waals surface area contributed by atoms with E-state index in [1.807, 2.05) is 11.8 Å². The maximum atomic E-state index is 5.34. The summed E-state index contributed by atoms with van der Waals surface area (Å²) >= 11 is 5.32. The van der Waals surface area contributed by atoms with E-state index in [-0.39, 0.29) is 0 Å². The Morgan fingerprint density at radius 3 is 2.67 bits per heavy atom. The highest BCUT2D eigenvalue weighted by molar-refractivity contribution is 9.10. The van der Waals surface area contributed by atoms with E-state index in [0.29, 0.717) is 5.82 Å². The predicted molar refractivity (Wildman–Crippen MR) is 82.9 cm³/mol. The highest BCUT2D eigenvalue weighted by Crippen LogP contribution is 2.25. The topological polar surface area (TPSA) is 75.9 Å². The molecule has 0 aliphatic heterocycles. The highest BCUT2D eigenvalue weighted by atomic mass is 79.9. The van der Waals surface area contributed by atoms with Crippen molar-refractivity contribution in [2.45, 2.75) is 25.7 Å². The number of unbranched alkanes of at least 4 members (excludes halogenated alkanes) is 3. The van der Waals surface area contributed by atoms with Crippen LogP contribution in [0.1, 0.15) is 25.7 Å². The van der Waals surface area contributed by atoms with Crippen LogP contribution >= 0.6 is 27.7 Å². The van der Waals surface area contributed by atoms with Gasteiger partial charge in [-0.25, -0.2) is 15.8 Å². The molecular formula is C11H20BrN5S. The smallest absolute Gasteiger partial charge is 0.159 e. The molecule has 7 heteroatoms. The summed E-state index contributed by atoms with van der Waals surface area (Å²) in [4.78, 5) is 8.17. The van der Waals surface area contributed by atoms with Crippen molar-refractivity contribution in [1.82, 2.24) is 9.97 Å². The molecule has 0 bridgehead atoms. The van der Waals surface area contributed by atoms with Crippen molar-refractivity contribution < 1.29 is 0 Å². The molecule has 0 atom stereocenters. The molecule has 0 aliphatic rings. The fourth-order valence-corrected chi connectivity index (χ4v) is 2.48. The first-order valence-electron chi connectivity index (χ1n) is 5.99. The fourth-order valence-electron chi connectivity index (χ4n) is 1.53. The molecule has 1 heterocycles. The molecule has 1 aromatic heterocycles. The van der Waals surface area contributed by atoms with Crippen molar-refractivity contribution in [3.63, 3.8) is 0 Å². The highest BCUT2D eigenvalue weighted by Gasteiger charge is 2.06. The second-order valence-electron chi connectivity index (χ2n) is 3.86. The summed E-state index contributed by atoms with van der Waals surface area (Å²) in [6.07, 6.45) is 8.63. The second-order valence-corrected chi connectivity index (χ2v) is 5.64. The minimum Gasteiger partial charge on any atom is -0.369 e. The molecule has 1 aromatic rings. The monoisotopic (exact) mass is 333 g/mol. The van der Waals surface area contributed by atoms with E-state index in [1.54, 1.807) is 0 Å². The van der Waals surface area contributed by atoms with Crippen molar-refractivity contribution >= 4 is 39.3 Å². The average Bonchev–Trinajstić information content (AvgIpc) is 2.39. The molecule has 0 amide bonds. The third-order valence-electron chi connectivity index (χ3n) is 2.49. The third kappa shape index (κ3) is 5.41. The lowest BCUT2D eigenvalue weighted by Gasteiger charge is -2.09. The van der Waals surface area contributed by atoms with Crippen molar-refractivity contribution in [2.75, 3.05) is 29.3 Å². The number of hydrazine groups is 1. The molecule has 0 aromatic carbocycles. The van der Waals surface area contributed by atoms with Gasteiger partial charge in [-0.05, 0) is 40.8 Å². The molecule has 0 unspecified atom stereocenters. The summed E-state index contributed by atoms with van der Waals surface area (Å²) in [5.74, 6) is 7.97. The summed E-state index contributed by atoms with van der Waals surface area (Å²) in [5.41, 5.74) is 2.52. The summed E-state index contributed by atoms with van der Waals surface area (Å²) in [7, 11) is 0. The van der Waals surface area contributed by atoms with Gasteiger partial charge in [0.25, 0.3) is 0 Å². The average molecular weight is 334 g/mol. The number of nitrogens with one attached hydrogen (secondary N) is 2. The van der Waals surface area contributed by atoms with Gasteiger partial charge < -0.3 is 10.7 Å². The van der Waals surface area contributed by atoms with Crippen LogP contribution < -0.4 is 16.6 Å². The van der Waals surface area contributed by atoms with E-state index >= 15 is 0 Å². The predicted octanol–water partition coefficient (Wildman–Crippen LogP) is 2.86. The Labute approximate surface area is 121 Å². The van der Waals surface area contributed by atoms with E-state index in [4.69, 9.17) is 5.84 Å². The number of thioether (sulfide) groups is 1. The maximum absolute atomic E-state index is 5.34. The van der Waals surface area contributed by atoms with Crippen LogP contribution in [0.5, 0.6) is 0 Å². The fraction of sp³-hybridized carbons (Fsp3) is 0.636. The Morgan fingerprint density at radius 1 is 1.22 bits per heavy atom. The van der Waals surface area contributed by atoms with Gasteiger partial charge in [-0.3, -0.25) is 0 Å². The number of nitrogens with two attached hydrogens (primary N) is 1. The zero-order valence-corrected chi connectivity index (χ0v) is 13.0. The Balaban J connectivity index is 2.23. The van der Waals surface area contributed by atoms with Crippen molar-refractivity contribution in [1.29, 1.82) is 0 Å². The standard InChI is InChI=1S/C11H20BrN5S/c1-18-7-5-3-2-4-6-14-10-9(12)11(17-13)16-8-15-10/h8H,2-7,13H2,1H3,(H2,14,15,16,17). The molecule has 102 valence electrons. The Morgan fingerprint density at radius 2 is 1.94 bits per heavy atom. The van der Waals surface area contributed by atoms with E-state index in [9.17, 15) is 0 Å². The maximum Gasteiger partial charge on any atom is 0.159 e. The molecule has 0 aliphatic carbocycles. The molecule has 1 rings (SSSR count). The van der Waals surface area contributed by atoms with E-state index in [2.05, 4.69) is 42.9 Å². The normalized spacial score (nSPS) is 10.4. The molecule has 0 radical (unpaired) electrons. The van der Waals surface area contributed by atoms with Crippen molar-refractivity contribution in [3.05, 3.63) is 10.8 Å². The molecule has 0 spiro atoms. The van der Waals surface area contributed by atoms with Crippen LogP contribution in [-0.2, 0) is 0 Å². The number of anilines is 2. The summed E-state index contributed by atoms with van der Waals surface area (Å²) in [5, 5.41) is 3.28. The second kappa shape index (κ2) is 9.41. The zero-order chi connectivity index (χ0) is 13.2. The van der Waals surface area contributed by atoms with Crippen molar-refractivity contribution in [2.24, 2.45) is 5.84 Å². The van der Waals surface area contributed by atoms with Crippen LogP contribution in [0.25, 0.3) is 0 Å². The SMILES string of the molecule is CSCCCCCCNc1ncnc(NN)c1Br. The molecule has 18 heavy (non-hydrogen) atoms. The Kier molecular flexibility index (Phi) is 8.11. The van der Waals surface area contributed by atoms with Crippen molar-refractivity contribution in [3.8, 4) is 0 Å². The largest absolute Gasteiger partial charge is 0.369 e. The van der Waals surface area contributed by atoms with Gasteiger partial charge in [0.2, 0.25) is 0 Å². The number of rotatable bonds is 9. The number of aromatic nitrogens is 2. The van der Waals surface area contributed by atoms with Gasteiger partial charge >= 0.3 is 0 Å². The lowest BCUT2D eigenvalue weighted by atomic mass is 10.2. The van der Waals surface area contributed by atoms with Crippen LogP contribution in [0, 0.1) is 0 Å². The quantitative estimate of drug-likeness (QED) is 0.366. The first kappa shape index (κ1) is 15.5. The Bertz CT molecular complexity index is 350. The summed E-state index contributed by atoms with van der Waals surface area (Å²) in [6.45, 7) is 0.916. The number of hydrogen-bond acceptors (Lipinski definition) is 6. The lowest BCUT2D eigenvalue weighted by molar-refractivity contribution is 0.688. The number of hydrogen-bond donors (Lipinski definition) is 3. The van der Waals surface area contributed by atoms with Gasteiger partial charge in [0, 0.05) is 6.54 Å². The number of halogens is 1. The van der Waals surface area contributed by atoms with Gasteiger partial charge in [0.1, 0.15) is 16.6 Å². The zero-order valence-electron chi connectivity index (χ0n) is 10.6. The minimum atomic E-state index is 0.590. The lowest BCUT2D eigenvalue weighted by Crippen LogP contribution is -2.11. The van der Waals surface area contributed by atoms with Gasteiger partial charge in [-0.15, -0.1) is 0 Å². The van der Waals surface area contributed by atoms with E-state index in [1.165, 1.54) is 31.3 Å². The molecule has 5 nitrogen and oxygen atoms in total. The molecule has 0 saturated heterocycles. The van der Waals surface area contributed by atoms with E-state index in [0.717, 1.165) is 23.3 Å². The van der Waals surface area contributed by atoms with Gasteiger partial charge in [-0.2, -0.15) is 11.8 Å². The third-order valence-corrected chi connectivity index (χ3v) is 3.94. The van der Waals surface area contributed by atoms with Gasteiger partial charge in [0.05, 0.1) is 0 Å². The summed E-state index contributed by atoms with van der Waals surface area (Å²) < 4.78 is 0.773. The minimum absolute atomic E-state index is 0.590. The first-order chi connectivity index (χ1) is 8.79. The van der Waals surface area contributed by atoms with Gasteiger partial charge in [0.15, 0.2) is 5.82 Å². The molecule has 0 saturated carbocycles. The molecular weight excluding hydrogens is 314 g/mol. The number of nitrogens with zero attached hydrogens (tertiary/aromatic N) is 2. The van der Waals surface area contributed by atoms with E-state index < -0.39 is 0 Å². The van der Waals surface area contributed by atoms with Crippen LogP contribution in [0.2, 0.25) is 0 Å².